The van der Waals surface area contributed by atoms with Crippen molar-refractivity contribution >= 4 is 0 Å². The van der Waals surface area contributed by atoms with Gasteiger partial charge in [0, 0.05) is 17.7 Å². The first kappa shape index (κ1) is 15.3. The molecule has 1 aliphatic rings. The summed E-state index contributed by atoms with van der Waals surface area (Å²) in [6.45, 7) is 8.67. The molecule has 1 saturated heterocycles. The Morgan fingerprint density at radius 3 is 2.70 bits per heavy atom. The molecular formula is C16H25FN2O. The summed E-state index contributed by atoms with van der Waals surface area (Å²) in [7, 11) is 0. The smallest absolute Gasteiger partial charge is 0.126 e. The lowest BCUT2D eigenvalue weighted by molar-refractivity contribution is 0.188. The Morgan fingerprint density at radius 2 is 2.10 bits per heavy atom. The third kappa shape index (κ3) is 3.93. The molecule has 2 N–H and O–H groups in total. The van der Waals surface area contributed by atoms with Crippen LogP contribution in [-0.4, -0.2) is 36.2 Å². The number of hydrogen-bond acceptors (Lipinski definition) is 3. The summed E-state index contributed by atoms with van der Waals surface area (Å²) >= 11 is 0. The van der Waals surface area contributed by atoms with Gasteiger partial charge in [-0.3, -0.25) is 0 Å². The summed E-state index contributed by atoms with van der Waals surface area (Å²) in [6.07, 6.45) is 2.45. The van der Waals surface area contributed by atoms with Gasteiger partial charge < -0.3 is 15.3 Å². The van der Waals surface area contributed by atoms with Crippen molar-refractivity contribution < 1.29 is 9.50 Å². The molecule has 3 nitrogen and oxygen atoms in total. The largest absolute Gasteiger partial charge is 0.508 e. The third-order valence-corrected chi connectivity index (χ3v) is 4.33. The third-order valence-electron chi connectivity index (χ3n) is 4.33. The zero-order valence-corrected chi connectivity index (χ0v) is 12.4. The van der Waals surface area contributed by atoms with E-state index in [9.17, 15) is 9.50 Å². The molecule has 112 valence electrons. The van der Waals surface area contributed by atoms with Gasteiger partial charge in [-0.2, -0.15) is 0 Å². The van der Waals surface area contributed by atoms with Crippen LogP contribution in [0.15, 0.2) is 18.2 Å². The highest BCUT2D eigenvalue weighted by molar-refractivity contribution is 5.34. The molecule has 0 aliphatic carbocycles. The predicted octanol–water partition coefficient (Wildman–Crippen LogP) is 2.91. The van der Waals surface area contributed by atoms with Crippen molar-refractivity contribution in [2.45, 2.75) is 32.7 Å². The van der Waals surface area contributed by atoms with Gasteiger partial charge in [-0.05, 0) is 57.9 Å². The Bertz CT molecular complexity index is 430. The predicted molar refractivity (Wildman–Crippen MR) is 79.3 cm³/mol. The van der Waals surface area contributed by atoms with Gasteiger partial charge in [-0.25, -0.2) is 4.39 Å². The SMILES string of the molecule is CCN1CCC(CNC(C)c2ccc(F)cc2O)CC1. The lowest BCUT2D eigenvalue weighted by Gasteiger charge is -2.31. The van der Waals surface area contributed by atoms with E-state index in [-0.39, 0.29) is 11.8 Å². The second-order valence-corrected chi connectivity index (χ2v) is 5.71. The normalized spacial score (nSPS) is 19.1. The van der Waals surface area contributed by atoms with Crippen LogP contribution in [0, 0.1) is 11.7 Å². The van der Waals surface area contributed by atoms with Crippen molar-refractivity contribution in [3.05, 3.63) is 29.6 Å². The van der Waals surface area contributed by atoms with E-state index in [1.807, 2.05) is 6.92 Å². The van der Waals surface area contributed by atoms with Gasteiger partial charge in [0.15, 0.2) is 0 Å². The van der Waals surface area contributed by atoms with Crippen molar-refractivity contribution in [2.24, 2.45) is 5.92 Å². The summed E-state index contributed by atoms with van der Waals surface area (Å²) in [5.41, 5.74) is 0.761. The first-order valence-corrected chi connectivity index (χ1v) is 7.54. The quantitative estimate of drug-likeness (QED) is 0.870. The van der Waals surface area contributed by atoms with Crippen molar-refractivity contribution in [3.8, 4) is 5.75 Å². The molecular weight excluding hydrogens is 255 g/mol. The van der Waals surface area contributed by atoms with Crippen LogP contribution < -0.4 is 5.32 Å². The van der Waals surface area contributed by atoms with Gasteiger partial charge in [0.05, 0.1) is 0 Å². The minimum absolute atomic E-state index is 0.0332. The number of rotatable bonds is 5. The Labute approximate surface area is 120 Å². The van der Waals surface area contributed by atoms with Crippen molar-refractivity contribution in [2.75, 3.05) is 26.2 Å². The maximum atomic E-state index is 13.0. The molecule has 0 bridgehead atoms. The minimum Gasteiger partial charge on any atom is -0.508 e. The summed E-state index contributed by atoms with van der Waals surface area (Å²) < 4.78 is 13.0. The Kier molecular flexibility index (Phi) is 5.38. The van der Waals surface area contributed by atoms with Gasteiger partial charge >= 0.3 is 0 Å². The van der Waals surface area contributed by atoms with Crippen molar-refractivity contribution in [1.82, 2.24) is 10.2 Å². The summed E-state index contributed by atoms with van der Waals surface area (Å²) in [4.78, 5) is 2.48. The molecule has 20 heavy (non-hydrogen) atoms. The molecule has 0 spiro atoms. The van der Waals surface area contributed by atoms with Crippen LogP contribution >= 0.6 is 0 Å². The second-order valence-electron chi connectivity index (χ2n) is 5.71. The van der Waals surface area contributed by atoms with Gasteiger partial charge in [-0.1, -0.05) is 13.0 Å². The van der Waals surface area contributed by atoms with Crippen LogP contribution in [0.4, 0.5) is 4.39 Å². The van der Waals surface area contributed by atoms with Crippen LogP contribution in [0.5, 0.6) is 5.75 Å². The highest BCUT2D eigenvalue weighted by Crippen LogP contribution is 2.25. The monoisotopic (exact) mass is 280 g/mol. The fraction of sp³-hybridized carbons (Fsp3) is 0.625. The highest BCUT2D eigenvalue weighted by atomic mass is 19.1. The van der Waals surface area contributed by atoms with Gasteiger partial charge in [0.25, 0.3) is 0 Å². The van der Waals surface area contributed by atoms with Crippen LogP contribution in [-0.2, 0) is 0 Å². The number of nitrogens with zero attached hydrogens (tertiary/aromatic N) is 1. The number of piperidine rings is 1. The van der Waals surface area contributed by atoms with E-state index in [1.54, 1.807) is 6.07 Å². The first-order chi connectivity index (χ1) is 9.60. The van der Waals surface area contributed by atoms with Gasteiger partial charge in [0.1, 0.15) is 11.6 Å². The number of likely N-dealkylation sites (tertiary alicyclic amines) is 1. The average Bonchev–Trinajstić information content (AvgIpc) is 2.45. The van der Waals surface area contributed by atoms with E-state index in [1.165, 1.54) is 38.1 Å². The van der Waals surface area contributed by atoms with E-state index in [4.69, 9.17) is 0 Å². The fourth-order valence-corrected chi connectivity index (χ4v) is 2.84. The van der Waals surface area contributed by atoms with Crippen LogP contribution in [0.25, 0.3) is 0 Å². The number of halogens is 1. The maximum absolute atomic E-state index is 13.0. The zero-order valence-electron chi connectivity index (χ0n) is 12.4. The molecule has 1 aromatic rings. The van der Waals surface area contributed by atoms with Crippen LogP contribution in [0.1, 0.15) is 38.3 Å². The van der Waals surface area contributed by atoms with Gasteiger partial charge in [0.2, 0.25) is 0 Å². The number of phenolic OH excluding ortho intramolecular Hbond substituents is 1. The lowest BCUT2D eigenvalue weighted by atomic mass is 9.96. The molecule has 1 fully saturated rings. The lowest BCUT2D eigenvalue weighted by Crippen LogP contribution is -2.37. The van der Waals surface area contributed by atoms with Crippen molar-refractivity contribution in [1.29, 1.82) is 0 Å². The zero-order chi connectivity index (χ0) is 14.5. The Hall–Kier alpha value is -1.13. The fourth-order valence-electron chi connectivity index (χ4n) is 2.84. The molecule has 4 heteroatoms. The van der Waals surface area contributed by atoms with Crippen LogP contribution in [0.2, 0.25) is 0 Å². The molecule has 1 aliphatic heterocycles. The van der Waals surface area contributed by atoms with Gasteiger partial charge in [-0.15, -0.1) is 0 Å². The average molecular weight is 280 g/mol. The number of phenols is 1. The highest BCUT2D eigenvalue weighted by Gasteiger charge is 2.19. The molecule has 0 amide bonds. The Morgan fingerprint density at radius 1 is 1.40 bits per heavy atom. The minimum atomic E-state index is -0.398. The standard InChI is InChI=1S/C16H25FN2O/c1-3-19-8-6-13(7-9-19)11-18-12(2)15-5-4-14(17)10-16(15)20/h4-5,10,12-13,18,20H,3,6-9,11H2,1-2H3. The molecule has 2 rings (SSSR count). The topological polar surface area (TPSA) is 35.5 Å². The number of aromatic hydroxyl groups is 1. The molecule has 1 unspecified atom stereocenters. The summed E-state index contributed by atoms with van der Waals surface area (Å²) in [5, 5.41) is 13.2. The molecule has 0 aromatic heterocycles. The number of benzene rings is 1. The molecule has 0 radical (unpaired) electrons. The summed E-state index contributed by atoms with van der Waals surface area (Å²) in [6, 6.07) is 4.27. The van der Waals surface area contributed by atoms with E-state index >= 15 is 0 Å². The second kappa shape index (κ2) is 7.04. The molecule has 0 saturated carbocycles. The molecule has 1 aromatic carbocycles. The van der Waals surface area contributed by atoms with Crippen molar-refractivity contribution in [3.63, 3.8) is 0 Å². The number of nitrogens with one attached hydrogen (secondary N) is 1. The number of hydrogen-bond donors (Lipinski definition) is 2. The van der Waals surface area contributed by atoms with E-state index < -0.39 is 5.82 Å². The van der Waals surface area contributed by atoms with Crippen LogP contribution in [0.3, 0.4) is 0 Å². The summed E-state index contributed by atoms with van der Waals surface area (Å²) in [5.74, 6) is 0.332. The first-order valence-electron chi connectivity index (χ1n) is 7.54. The maximum Gasteiger partial charge on any atom is 0.126 e. The Balaban J connectivity index is 1.82. The molecule has 1 atom stereocenters. The van der Waals surface area contributed by atoms with E-state index in [2.05, 4.69) is 17.1 Å². The van der Waals surface area contributed by atoms with E-state index in [0.29, 0.717) is 5.92 Å². The molecule has 1 heterocycles. The van der Waals surface area contributed by atoms with E-state index in [0.717, 1.165) is 18.7 Å².